The molecule has 1 heterocycles. The maximum Gasteiger partial charge on any atom is 0.287 e. The number of hydrogen-bond acceptors (Lipinski definition) is 3. The lowest BCUT2D eigenvalue weighted by Crippen LogP contribution is -1.83. The van der Waals surface area contributed by atoms with Crippen molar-refractivity contribution in [2.24, 2.45) is 0 Å². The van der Waals surface area contributed by atoms with Crippen LogP contribution in [0.15, 0.2) is 28.9 Å². The summed E-state index contributed by atoms with van der Waals surface area (Å²) in [6.07, 6.45) is 3.60. The van der Waals surface area contributed by atoms with Gasteiger partial charge in [0.25, 0.3) is 12.3 Å². The van der Waals surface area contributed by atoms with Gasteiger partial charge in [0, 0.05) is 6.07 Å². The van der Waals surface area contributed by atoms with E-state index in [4.69, 9.17) is 27.9 Å². The highest BCUT2D eigenvalue weighted by molar-refractivity contribution is 6.42. The third kappa shape index (κ3) is 2.00. The third-order valence-electron chi connectivity index (χ3n) is 1.48. The Hall–Kier alpha value is -1.19. The van der Waals surface area contributed by atoms with Crippen molar-refractivity contribution in [1.29, 1.82) is 0 Å². The first kappa shape index (κ1) is 9.37. The summed E-state index contributed by atoms with van der Waals surface area (Å²) in [4.78, 5) is 3.67. The van der Waals surface area contributed by atoms with Crippen LogP contribution in [0.4, 0.5) is 0 Å². The lowest BCUT2D eigenvalue weighted by molar-refractivity contribution is 0.457. The minimum absolute atomic E-state index is 0.323. The number of aromatic nitrogens is 1. The topological polar surface area (TPSA) is 35.3 Å². The fraction of sp³-hybridized carbons (Fsp3) is 0. The minimum Gasteiger partial charge on any atom is -0.437 e. The molecule has 1 aromatic heterocycles. The van der Waals surface area contributed by atoms with E-state index in [0.717, 1.165) is 0 Å². The molecule has 5 heteroatoms. The first-order valence-corrected chi connectivity index (χ1v) is 4.46. The molecule has 0 unspecified atom stereocenters. The molecule has 0 amide bonds. The van der Waals surface area contributed by atoms with Crippen LogP contribution in [0.25, 0.3) is 0 Å². The molecule has 2 rings (SSSR count). The van der Waals surface area contributed by atoms with Gasteiger partial charge in [0.2, 0.25) is 0 Å². The van der Waals surface area contributed by atoms with Crippen molar-refractivity contribution in [3.8, 4) is 11.6 Å². The van der Waals surface area contributed by atoms with Gasteiger partial charge in [0.05, 0.1) is 10.0 Å². The maximum atomic E-state index is 5.79. The summed E-state index contributed by atoms with van der Waals surface area (Å²) in [5, 5.41) is 0.905. The van der Waals surface area contributed by atoms with Gasteiger partial charge in [-0.3, -0.25) is 0 Å². The van der Waals surface area contributed by atoms with Crippen LogP contribution in [0.5, 0.6) is 11.6 Å². The van der Waals surface area contributed by atoms with Crippen LogP contribution in [-0.4, -0.2) is 4.98 Å². The molecule has 1 radical (unpaired) electrons. The summed E-state index contributed by atoms with van der Waals surface area (Å²) in [7, 11) is 0. The molecule has 0 fully saturated rings. The van der Waals surface area contributed by atoms with Gasteiger partial charge in [-0.15, -0.1) is 0 Å². The van der Waals surface area contributed by atoms with Crippen molar-refractivity contribution < 1.29 is 9.15 Å². The second kappa shape index (κ2) is 3.90. The Morgan fingerprint density at radius 3 is 2.79 bits per heavy atom. The summed E-state index contributed by atoms with van der Waals surface area (Å²) in [6.45, 7) is 0. The van der Waals surface area contributed by atoms with Crippen LogP contribution in [0.1, 0.15) is 0 Å². The molecule has 0 saturated heterocycles. The lowest BCUT2D eigenvalue weighted by Gasteiger charge is -2.02. The second-order valence-electron chi connectivity index (χ2n) is 2.46. The average Bonchev–Trinajstić information content (AvgIpc) is 2.64. The van der Waals surface area contributed by atoms with Crippen LogP contribution in [-0.2, 0) is 0 Å². The van der Waals surface area contributed by atoms with Crippen LogP contribution < -0.4 is 4.74 Å². The fourth-order valence-electron chi connectivity index (χ4n) is 0.882. The van der Waals surface area contributed by atoms with Gasteiger partial charge < -0.3 is 9.15 Å². The number of rotatable bonds is 2. The van der Waals surface area contributed by atoms with E-state index in [1.807, 2.05) is 0 Å². The zero-order chi connectivity index (χ0) is 9.97. The number of ether oxygens (including phenoxy) is 1. The van der Waals surface area contributed by atoms with Crippen molar-refractivity contribution in [3.63, 3.8) is 0 Å². The maximum absolute atomic E-state index is 5.79. The van der Waals surface area contributed by atoms with E-state index in [1.165, 1.54) is 6.26 Å². The van der Waals surface area contributed by atoms with E-state index in [1.54, 1.807) is 18.2 Å². The monoisotopic (exact) mass is 228 g/mol. The number of halogens is 2. The van der Waals surface area contributed by atoms with Gasteiger partial charge in [0.15, 0.2) is 6.26 Å². The molecule has 71 valence electrons. The van der Waals surface area contributed by atoms with Crippen molar-refractivity contribution in [2.75, 3.05) is 0 Å². The SMILES string of the molecule is Clc1ccc(Oc2co[c]n2)cc1Cl. The normalized spacial score (nSPS) is 10.1. The van der Waals surface area contributed by atoms with Crippen LogP contribution in [0.2, 0.25) is 10.0 Å². The molecule has 2 aromatic rings. The zero-order valence-electron chi connectivity index (χ0n) is 6.83. The molecule has 0 bridgehead atoms. The van der Waals surface area contributed by atoms with Crippen LogP contribution >= 0.6 is 23.2 Å². The second-order valence-corrected chi connectivity index (χ2v) is 3.27. The van der Waals surface area contributed by atoms with E-state index >= 15 is 0 Å². The standard InChI is InChI=1S/C9H4Cl2NO2/c10-7-2-1-6(3-8(7)11)14-9-4-13-5-12-9/h1-4H. The largest absolute Gasteiger partial charge is 0.437 e. The zero-order valence-corrected chi connectivity index (χ0v) is 8.34. The molecular weight excluding hydrogens is 225 g/mol. The minimum atomic E-state index is 0.323. The molecular formula is C9H4Cl2NO2. The van der Waals surface area contributed by atoms with Crippen molar-refractivity contribution >= 4 is 23.2 Å². The molecule has 3 nitrogen and oxygen atoms in total. The summed E-state index contributed by atoms with van der Waals surface area (Å²) < 4.78 is 9.90. The Labute approximate surface area is 90.2 Å². The van der Waals surface area contributed by atoms with E-state index < -0.39 is 0 Å². The molecule has 14 heavy (non-hydrogen) atoms. The molecule has 0 N–H and O–H groups in total. The predicted octanol–water partition coefficient (Wildman–Crippen LogP) is 3.57. The summed E-state index contributed by atoms with van der Waals surface area (Å²) in [6, 6.07) is 4.92. The van der Waals surface area contributed by atoms with Crippen LogP contribution in [0.3, 0.4) is 0 Å². The smallest absolute Gasteiger partial charge is 0.287 e. The molecule has 0 aliphatic heterocycles. The predicted molar refractivity (Wildman–Crippen MR) is 51.9 cm³/mol. The quantitative estimate of drug-likeness (QED) is 0.789. The van der Waals surface area contributed by atoms with Crippen molar-refractivity contribution in [2.45, 2.75) is 0 Å². The van der Waals surface area contributed by atoms with E-state index in [-0.39, 0.29) is 0 Å². The Bertz CT molecular complexity index is 428. The number of benzene rings is 1. The van der Waals surface area contributed by atoms with Gasteiger partial charge in [-0.05, 0) is 12.1 Å². The molecule has 0 aliphatic rings. The number of hydrogen-bond donors (Lipinski definition) is 0. The Morgan fingerprint density at radius 2 is 2.14 bits per heavy atom. The highest BCUT2D eigenvalue weighted by Gasteiger charge is 2.03. The molecule has 0 atom stereocenters. The average molecular weight is 229 g/mol. The molecule has 1 aromatic carbocycles. The van der Waals surface area contributed by atoms with Gasteiger partial charge in [-0.25, -0.2) is 0 Å². The molecule has 0 saturated carbocycles. The van der Waals surface area contributed by atoms with Crippen LogP contribution in [0, 0.1) is 6.39 Å². The van der Waals surface area contributed by atoms with Gasteiger partial charge >= 0.3 is 0 Å². The summed E-state index contributed by atoms with van der Waals surface area (Å²) >= 11 is 11.5. The summed E-state index contributed by atoms with van der Waals surface area (Å²) in [5.41, 5.74) is 0. The highest BCUT2D eigenvalue weighted by atomic mass is 35.5. The molecule has 0 spiro atoms. The highest BCUT2D eigenvalue weighted by Crippen LogP contribution is 2.28. The Kier molecular flexibility index (Phi) is 2.61. The Morgan fingerprint density at radius 1 is 1.29 bits per heavy atom. The van der Waals surface area contributed by atoms with Crippen molar-refractivity contribution in [1.82, 2.24) is 4.98 Å². The van der Waals surface area contributed by atoms with E-state index in [0.29, 0.717) is 21.7 Å². The van der Waals surface area contributed by atoms with Gasteiger partial charge in [-0.2, -0.15) is 4.98 Å². The molecule has 0 aliphatic carbocycles. The van der Waals surface area contributed by atoms with Crippen molar-refractivity contribution in [3.05, 3.63) is 40.9 Å². The first-order chi connectivity index (χ1) is 6.75. The van der Waals surface area contributed by atoms with Gasteiger partial charge in [-0.1, -0.05) is 23.2 Å². The Balaban J connectivity index is 2.22. The fourth-order valence-corrected chi connectivity index (χ4v) is 1.17. The first-order valence-electron chi connectivity index (χ1n) is 3.70. The number of oxazole rings is 1. The number of nitrogens with zero attached hydrogens (tertiary/aromatic N) is 1. The van der Waals surface area contributed by atoms with E-state index in [2.05, 4.69) is 15.8 Å². The van der Waals surface area contributed by atoms with E-state index in [9.17, 15) is 0 Å². The lowest BCUT2D eigenvalue weighted by atomic mass is 10.3. The third-order valence-corrected chi connectivity index (χ3v) is 2.22. The summed E-state index contributed by atoms with van der Waals surface area (Å²) in [5.74, 6) is 0.866. The van der Waals surface area contributed by atoms with Gasteiger partial charge in [0.1, 0.15) is 5.75 Å².